The molecular formula is C14H18ClNO4. The van der Waals surface area contributed by atoms with E-state index in [0.717, 1.165) is 0 Å². The van der Waals surface area contributed by atoms with Crippen molar-refractivity contribution < 1.29 is 19.0 Å². The molecule has 0 aromatic carbocycles. The molecule has 5 nitrogen and oxygen atoms in total. The number of hydrogen-bond donors (Lipinski definition) is 0. The Balaban J connectivity index is 2.48. The Morgan fingerprint density at radius 3 is 2.55 bits per heavy atom. The lowest BCUT2D eigenvalue weighted by molar-refractivity contribution is -0.201. The van der Waals surface area contributed by atoms with Gasteiger partial charge in [-0.25, -0.2) is 0 Å². The highest BCUT2D eigenvalue weighted by atomic mass is 35.5. The second kappa shape index (κ2) is 5.72. The topological polar surface area (TPSA) is 48.0 Å². The molecule has 2 aliphatic rings. The summed E-state index contributed by atoms with van der Waals surface area (Å²) in [6.07, 6.45) is 2.85. The molecule has 1 fully saturated rings. The molecule has 0 amide bonds. The van der Waals surface area contributed by atoms with Crippen molar-refractivity contribution in [3.05, 3.63) is 30.2 Å². The number of rotatable bonds is 4. The summed E-state index contributed by atoms with van der Waals surface area (Å²) in [5.41, 5.74) is 3.17. The van der Waals surface area contributed by atoms with E-state index in [4.69, 9.17) is 25.8 Å². The van der Waals surface area contributed by atoms with Gasteiger partial charge in [0.15, 0.2) is 10.7 Å². The van der Waals surface area contributed by atoms with Crippen molar-refractivity contribution in [3.63, 3.8) is 0 Å². The van der Waals surface area contributed by atoms with Crippen LogP contribution in [0.1, 0.15) is 0 Å². The van der Waals surface area contributed by atoms with Crippen LogP contribution < -0.4 is 0 Å². The van der Waals surface area contributed by atoms with Crippen LogP contribution in [0, 0.1) is 0 Å². The molecule has 2 rings (SSSR count). The summed E-state index contributed by atoms with van der Waals surface area (Å²) in [4.78, 5) is 12.8. The smallest absolute Gasteiger partial charge is 0.241 e. The maximum absolute atomic E-state index is 12.3. The fraction of sp³-hybridized carbons (Fsp3) is 0.571. The van der Waals surface area contributed by atoms with E-state index in [1.54, 1.807) is 0 Å². The first-order chi connectivity index (χ1) is 9.55. The number of carbonyl (C=O) groups excluding carboxylic acids is 1. The van der Waals surface area contributed by atoms with Gasteiger partial charge in [0.2, 0.25) is 5.79 Å². The lowest BCUT2D eigenvalue weighted by Crippen LogP contribution is -2.57. The number of ether oxygens (including phenoxy) is 3. The van der Waals surface area contributed by atoms with Crippen LogP contribution in [-0.2, 0) is 19.0 Å². The Labute approximate surface area is 123 Å². The Kier molecular flexibility index (Phi) is 4.37. The zero-order chi connectivity index (χ0) is 14.8. The molecule has 0 aromatic heterocycles. The molecule has 1 unspecified atom stereocenters. The lowest BCUT2D eigenvalue weighted by Gasteiger charge is -2.42. The third-order valence-electron chi connectivity index (χ3n) is 3.67. The minimum atomic E-state index is -1.49. The van der Waals surface area contributed by atoms with Crippen LogP contribution >= 0.6 is 11.6 Å². The van der Waals surface area contributed by atoms with Gasteiger partial charge in [-0.1, -0.05) is 18.2 Å². The first-order valence-electron chi connectivity index (χ1n) is 6.31. The number of ketones is 1. The predicted molar refractivity (Wildman–Crippen MR) is 74.5 cm³/mol. The molecule has 0 N–H and O–H groups in total. The van der Waals surface area contributed by atoms with Gasteiger partial charge in [0, 0.05) is 33.4 Å². The normalized spacial score (nSPS) is 29.1. The number of hydrogen-bond acceptors (Lipinski definition) is 5. The van der Waals surface area contributed by atoms with E-state index in [9.17, 15) is 4.79 Å². The fourth-order valence-corrected chi connectivity index (χ4v) is 3.06. The van der Waals surface area contributed by atoms with Crippen molar-refractivity contribution in [2.45, 2.75) is 10.7 Å². The molecule has 1 atom stereocenters. The molecule has 0 aromatic rings. The number of halogens is 1. The highest BCUT2D eigenvalue weighted by Crippen LogP contribution is 2.47. The average Bonchev–Trinajstić information content (AvgIpc) is 2.69. The molecule has 0 saturated carbocycles. The molecule has 0 bridgehead atoms. The second-order valence-electron chi connectivity index (χ2n) is 4.58. The second-order valence-corrected chi connectivity index (χ2v) is 5.17. The zero-order valence-corrected chi connectivity index (χ0v) is 12.4. The third kappa shape index (κ3) is 2.03. The summed E-state index contributed by atoms with van der Waals surface area (Å²) in [5, 5.41) is 0. The number of alkyl halides is 1. The lowest BCUT2D eigenvalue weighted by atomic mass is 9.97. The molecule has 1 heterocycles. The molecule has 1 saturated heterocycles. The number of nitrogens with zero attached hydrogens (tertiary/aromatic N) is 1. The Morgan fingerprint density at radius 2 is 2.05 bits per heavy atom. The van der Waals surface area contributed by atoms with Gasteiger partial charge in [0.05, 0.1) is 18.9 Å². The molecule has 0 spiro atoms. The SMILES string of the molecule is C=C=CC1(Cl)C(=O)C=C(N2CCOCC2)C1(OC)OC. The average molecular weight is 300 g/mol. The summed E-state index contributed by atoms with van der Waals surface area (Å²) in [6, 6.07) is 0. The summed E-state index contributed by atoms with van der Waals surface area (Å²) >= 11 is 6.49. The summed E-state index contributed by atoms with van der Waals surface area (Å²) < 4.78 is 16.4. The molecule has 20 heavy (non-hydrogen) atoms. The highest BCUT2D eigenvalue weighted by molar-refractivity contribution is 6.41. The van der Waals surface area contributed by atoms with Crippen molar-refractivity contribution in [2.24, 2.45) is 0 Å². The van der Waals surface area contributed by atoms with Crippen molar-refractivity contribution in [1.82, 2.24) is 4.90 Å². The zero-order valence-electron chi connectivity index (χ0n) is 11.6. The standard InChI is InChI=1S/C14H18ClNO4/c1-4-5-13(15)12(17)10-11(14(13,18-2)19-3)16-6-8-20-9-7-16/h5,10H,1,6-9H2,2-3H3. The van der Waals surface area contributed by atoms with Crippen LogP contribution in [0.15, 0.2) is 30.2 Å². The van der Waals surface area contributed by atoms with Gasteiger partial charge >= 0.3 is 0 Å². The molecule has 6 heteroatoms. The van der Waals surface area contributed by atoms with Crippen LogP contribution in [0.3, 0.4) is 0 Å². The molecule has 110 valence electrons. The molecule has 1 aliphatic carbocycles. The van der Waals surface area contributed by atoms with E-state index in [1.807, 2.05) is 4.90 Å². The van der Waals surface area contributed by atoms with Gasteiger partial charge in [0.25, 0.3) is 0 Å². The number of methoxy groups -OCH3 is 2. The van der Waals surface area contributed by atoms with Crippen molar-refractivity contribution in [1.29, 1.82) is 0 Å². The largest absolute Gasteiger partial charge is 0.378 e. The van der Waals surface area contributed by atoms with E-state index in [1.165, 1.54) is 26.4 Å². The molecular weight excluding hydrogens is 282 g/mol. The van der Waals surface area contributed by atoms with Gasteiger partial charge in [-0.15, -0.1) is 5.73 Å². The fourth-order valence-electron chi connectivity index (χ4n) is 2.67. The van der Waals surface area contributed by atoms with Gasteiger partial charge in [-0.05, 0) is 6.08 Å². The number of carbonyl (C=O) groups is 1. The summed E-state index contributed by atoms with van der Waals surface area (Å²) in [6.45, 7) is 5.96. The van der Waals surface area contributed by atoms with Crippen LogP contribution in [0.2, 0.25) is 0 Å². The maximum Gasteiger partial charge on any atom is 0.241 e. The van der Waals surface area contributed by atoms with Gasteiger partial charge in [-0.2, -0.15) is 0 Å². The van der Waals surface area contributed by atoms with Gasteiger partial charge in [0.1, 0.15) is 0 Å². The quantitative estimate of drug-likeness (QED) is 0.442. The van der Waals surface area contributed by atoms with Crippen LogP contribution in [0.25, 0.3) is 0 Å². The van der Waals surface area contributed by atoms with E-state index in [2.05, 4.69) is 12.3 Å². The Morgan fingerprint density at radius 1 is 1.45 bits per heavy atom. The van der Waals surface area contributed by atoms with Gasteiger partial charge < -0.3 is 19.1 Å². The van der Waals surface area contributed by atoms with Crippen LogP contribution in [0.5, 0.6) is 0 Å². The predicted octanol–water partition coefficient (Wildman–Crippen LogP) is 1.09. The van der Waals surface area contributed by atoms with Crippen molar-refractivity contribution >= 4 is 17.4 Å². The van der Waals surface area contributed by atoms with Crippen LogP contribution in [-0.4, -0.2) is 61.9 Å². The number of allylic oxidation sites excluding steroid dienone is 1. The minimum Gasteiger partial charge on any atom is -0.378 e. The first kappa shape index (κ1) is 15.3. The monoisotopic (exact) mass is 299 g/mol. The number of morpholine rings is 1. The highest BCUT2D eigenvalue weighted by Gasteiger charge is 2.63. The Hall–Kier alpha value is -1.10. The van der Waals surface area contributed by atoms with E-state index < -0.39 is 10.7 Å². The van der Waals surface area contributed by atoms with Crippen molar-refractivity contribution in [3.8, 4) is 0 Å². The summed E-state index contributed by atoms with van der Waals surface area (Å²) in [5.74, 6) is -1.69. The van der Waals surface area contributed by atoms with Crippen molar-refractivity contribution in [2.75, 3.05) is 40.5 Å². The Bertz CT molecular complexity index is 474. The van der Waals surface area contributed by atoms with Gasteiger partial charge in [-0.3, -0.25) is 4.79 Å². The maximum atomic E-state index is 12.3. The minimum absolute atomic E-state index is 0.305. The molecule has 1 aliphatic heterocycles. The third-order valence-corrected chi connectivity index (χ3v) is 4.21. The summed E-state index contributed by atoms with van der Waals surface area (Å²) in [7, 11) is 2.93. The van der Waals surface area contributed by atoms with E-state index in [0.29, 0.717) is 32.0 Å². The van der Waals surface area contributed by atoms with E-state index in [-0.39, 0.29) is 5.78 Å². The molecule has 0 radical (unpaired) electrons. The van der Waals surface area contributed by atoms with E-state index >= 15 is 0 Å². The first-order valence-corrected chi connectivity index (χ1v) is 6.69. The van der Waals surface area contributed by atoms with Crippen LogP contribution in [0.4, 0.5) is 0 Å².